The molecule has 0 aromatic heterocycles. The highest BCUT2D eigenvalue weighted by atomic mass is 16.2. The molecule has 7 nitrogen and oxygen atoms in total. The molecule has 2 heterocycles. The van der Waals surface area contributed by atoms with Gasteiger partial charge in [-0.2, -0.15) is 0 Å². The lowest BCUT2D eigenvalue weighted by molar-refractivity contribution is -0.133. The highest BCUT2D eigenvalue weighted by Crippen LogP contribution is 2.19. The molecule has 2 aliphatic rings. The molecule has 180 valence electrons. The van der Waals surface area contributed by atoms with Crippen LogP contribution in [0.3, 0.4) is 0 Å². The fraction of sp³-hybridized carbons (Fsp3) is 0.444. The van der Waals surface area contributed by atoms with Crippen molar-refractivity contribution in [1.82, 2.24) is 14.7 Å². The first-order valence-electron chi connectivity index (χ1n) is 12.3. The number of amides is 2. The van der Waals surface area contributed by atoms with Gasteiger partial charge in [-0.05, 0) is 31.4 Å². The Morgan fingerprint density at radius 2 is 1.38 bits per heavy atom. The van der Waals surface area contributed by atoms with Crippen molar-refractivity contribution in [3.63, 3.8) is 0 Å². The second-order valence-electron chi connectivity index (χ2n) is 9.10. The van der Waals surface area contributed by atoms with Crippen molar-refractivity contribution in [3.8, 4) is 0 Å². The molecule has 2 aliphatic heterocycles. The summed E-state index contributed by atoms with van der Waals surface area (Å²) in [7, 11) is 0. The van der Waals surface area contributed by atoms with Crippen LogP contribution in [0.5, 0.6) is 0 Å². The number of likely N-dealkylation sites (tertiary alicyclic amines) is 1. The third-order valence-corrected chi connectivity index (χ3v) is 6.67. The Bertz CT molecular complexity index is 980. The van der Waals surface area contributed by atoms with Gasteiger partial charge in [-0.15, -0.1) is 0 Å². The molecule has 2 aromatic carbocycles. The zero-order chi connectivity index (χ0) is 23.8. The summed E-state index contributed by atoms with van der Waals surface area (Å²) < 4.78 is 0. The third kappa shape index (κ3) is 6.52. The molecule has 0 radical (unpaired) electrons. The van der Waals surface area contributed by atoms with E-state index in [4.69, 9.17) is 0 Å². The predicted molar refractivity (Wildman–Crippen MR) is 133 cm³/mol. The Hall–Kier alpha value is -3.03. The van der Waals surface area contributed by atoms with Crippen molar-refractivity contribution in [3.05, 3.63) is 65.7 Å². The maximum Gasteiger partial charge on any atom is 0.236 e. The fourth-order valence-electron chi connectivity index (χ4n) is 4.61. The van der Waals surface area contributed by atoms with Crippen molar-refractivity contribution in [2.75, 3.05) is 57.7 Å². The minimum absolute atomic E-state index is 0.101. The van der Waals surface area contributed by atoms with Crippen LogP contribution in [0.15, 0.2) is 54.6 Å². The largest absolute Gasteiger partial charge is 0.342 e. The highest BCUT2D eigenvalue weighted by Gasteiger charge is 2.23. The van der Waals surface area contributed by atoms with Crippen LogP contribution >= 0.6 is 0 Å². The molecule has 0 unspecified atom stereocenters. The number of piperazine rings is 1. The molecule has 2 aromatic rings. The molecule has 2 amide bonds. The van der Waals surface area contributed by atoms with Gasteiger partial charge in [-0.1, -0.05) is 42.5 Å². The molecule has 0 bridgehead atoms. The smallest absolute Gasteiger partial charge is 0.236 e. The molecule has 4 rings (SSSR count). The van der Waals surface area contributed by atoms with Crippen molar-refractivity contribution >= 4 is 23.3 Å². The summed E-state index contributed by atoms with van der Waals surface area (Å²) in [5.41, 5.74) is 1.64. The van der Waals surface area contributed by atoms with E-state index in [1.807, 2.05) is 29.2 Å². The number of benzene rings is 2. The van der Waals surface area contributed by atoms with Gasteiger partial charge in [-0.3, -0.25) is 19.3 Å². The Labute approximate surface area is 201 Å². The Kier molecular flexibility index (Phi) is 8.44. The second kappa shape index (κ2) is 11.9. The van der Waals surface area contributed by atoms with Gasteiger partial charge in [0, 0.05) is 63.4 Å². The number of hydrogen-bond acceptors (Lipinski definition) is 5. The first kappa shape index (κ1) is 24.1. The van der Waals surface area contributed by atoms with E-state index in [0.29, 0.717) is 36.3 Å². The van der Waals surface area contributed by atoms with E-state index in [-0.39, 0.29) is 17.6 Å². The summed E-state index contributed by atoms with van der Waals surface area (Å²) in [6.45, 7) is 6.34. The van der Waals surface area contributed by atoms with Gasteiger partial charge in [0.15, 0.2) is 5.78 Å². The zero-order valence-corrected chi connectivity index (χ0v) is 19.7. The van der Waals surface area contributed by atoms with Crippen LogP contribution in [0.4, 0.5) is 5.69 Å². The van der Waals surface area contributed by atoms with Gasteiger partial charge in [-0.25, -0.2) is 0 Å². The monoisotopic (exact) mass is 462 g/mol. The normalized spacial score (nSPS) is 17.4. The number of nitrogens with one attached hydrogen (secondary N) is 1. The molecule has 7 heteroatoms. The number of rotatable bonds is 8. The Morgan fingerprint density at radius 1 is 0.735 bits per heavy atom. The van der Waals surface area contributed by atoms with Crippen LogP contribution in [0.25, 0.3) is 0 Å². The molecule has 0 aliphatic carbocycles. The average molecular weight is 463 g/mol. The van der Waals surface area contributed by atoms with Crippen LogP contribution in [0.1, 0.15) is 41.6 Å². The third-order valence-electron chi connectivity index (χ3n) is 6.67. The number of nitrogens with zero attached hydrogens (tertiary/aromatic N) is 3. The molecule has 2 fully saturated rings. The van der Waals surface area contributed by atoms with E-state index in [0.717, 1.165) is 52.1 Å². The van der Waals surface area contributed by atoms with E-state index < -0.39 is 0 Å². The van der Waals surface area contributed by atoms with Crippen molar-refractivity contribution in [2.24, 2.45) is 0 Å². The SMILES string of the molecule is O=C(CCN1CCN(CC(=O)N2CCCCC2)CC1)Nc1ccccc1C(=O)c1ccccc1. The predicted octanol–water partition coefficient (Wildman–Crippen LogP) is 2.88. The molecular weight excluding hydrogens is 428 g/mol. The number of piperidine rings is 1. The lowest BCUT2D eigenvalue weighted by Crippen LogP contribution is -2.51. The number of carbonyl (C=O) groups is 3. The van der Waals surface area contributed by atoms with Gasteiger partial charge < -0.3 is 15.1 Å². The van der Waals surface area contributed by atoms with E-state index >= 15 is 0 Å². The molecular formula is C27H34N4O3. The van der Waals surface area contributed by atoms with Crippen LogP contribution < -0.4 is 5.32 Å². The first-order valence-corrected chi connectivity index (χ1v) is 12.3. The minimum atomic E-state index is -0.105. The fourth-order valence-corrected chi connectivity index (χ4v) is 4.61. The highest BCUT2D eigenvalue weighted by molar-refractivity contribution is 6.13. The summed E-state index contributed by atoms with van der Waals surface area (Å²) in [4.78, 5) is 44.5. The number of hydrogen-bond donors (Lipinski definition) is 1. The Morgan fingerprint density at radius 3 is 2.12 bits per heavy atom. The molecule has 2 saturated heterocycles. The van der Waals surface area contributed by atoms with Crippen molar-refractivity contribution < 1.29 is 14.4 Å². The number of ketones is 1. The van der Waals surface area contributed by atoms with Gasteiger partial charge in [0.2, 0.25) is 11.8 Å². The van der Waals surface area contributed by atoms with Gasteiger partial charge >= 0.3 is 0 Å². The van der Waals surface area contributed by atoms with E-state index in [9.17, 15) is 14.4 Å². The van der Waals surface area contributed by atoms with Crippen LogP contribution in [-0.4, -0.2) is 84.7 Å². The lowest BCUT2D eigenvalue weighted by Gasteiger charge is -2.36. The van der Waals surface area contributed by atoms with E-state index in [1.165, 1.54) is 6.42 Å². The van der Waals surface area contributed by atoms with Crippen molar-refractivity contribution in [1.29, 1.82) is 0 Å². The van der Waals surface area contributed by atoms with Crippen LogP contribution in [-0.2, 0) is 9.59 Å². The van der Waals surface area contributed by atoms with Gasteiger partial charge in [0.05, 0.1) is 12.2 Å². The summed E-state index contributed by atoms with van der Waals surface area (Å²) in [5.74, 6) is 0.0407. The standard InChI is InChI=1S/C27H34N4O3/c32-25(28-24-12-6-5-11-23(24)27(34)22-9-3-1-4-10-22)13-16-29-17-19-30(20-18-29)21-26(33)31-14-7-2-8-15-31/h1,3-6,9-12H,2,7-8,13-21H2,(H,28,32). The number of anilines is 1. The molecule has 0 saturated carbocycles. The summed E-state index contributed by atoms with van der Waals surface area (Å²) in [6, 6.07) is 16.2. The van der Waals surface area contributed by atoms with Gasteiger partial charge in [0.1, 0.15) is 0 Å². The van der Waals surface area contributed by atoms with Gasteiger partial charge in [0.25, 0.3) is 0 Å². The number of para-hydroxylation sites is 1. The number of carbonyl (C=O) groups excluding carboxylic acids is 3. The summed E-state index contributed by atoms with van der Waals surface area (Å²) >= 11 is 0. The van der Waals surface area contributed by atoms with Crippen LogP contribution in [0, 0.1) is 0 Å². The Balaban J connectivity index is 1.22. The zero-order valence-electron chi connectivity index (χ0n) is 19.7. The second-order valence-corrected chi connectivity index (χ2v) is 9.10. The molecule has 0 spiro atoms. The molecule has 0 atom stereocenters. The summed E-state index contributed by atoms with van der Waals surface area (Å²) in [6.07, 6.45) is 3.82. The van der Waals surface area contributed by atoms with Crippen molar-refractivity contribution in [2.45, 2.75) is 25.7 Å². The average Bonchev–Trinajstić information content (AvgIpc) is 2.89. The molecule has 1 N–H and O–H groups in total. The molecule has 34 heavy (non-hydrogen) atoms. The lowest BCUT2D eigenvalue weighted by atomic mass is 10.0. The quantitative estimate of drug-likeness (QED) is 0.611. The van der Waals surface area contributed by atoms with Crippen LogP contribution in [0.2, 0.25) is 0 Å². The van der Waals surface area contributed by atoms with E-state index in [1.54, 1.807) is 30.3 Å². The summed E-state index contributed by atoms with van der Waals surface area (Å²) in [5, 5.41) is 2.92. The van der Waals surface area contributed by atoms with E-state index in [2.05, 4.69) is 15.1 Å². The maximum absolute atomic E-state index is 12.9. The minimum Gasteiger partial charge on any atom is -0.342 e. The maximum atomic E-state index is 12.9. The first-order chi connectivity index (χ1) is 16.6. The topological polar surface area (TPSA) is 73.0 Å².